The van der Waals surface area contributed by atoms with Gasteiger partial charge in [-0.3, -0.25) is 14.4 Å². The number of benzene rings is 1. The Kier molecular flexibility index (Phi) is 8.08. The van der Waals surface area contributed by atoms with Crippen LogP contribution in [0, 0.1) is 5.92 Å². The van der Waals surface area contributed by atoms with Crippen LogP contribution in [-0.2, 0) is 17.8 Å². The molecule has 5 N–H and O–H groups in total. The summed E-state index contributed by atoms with van der Waals surface area (Å²) in [4.78, 5) is 48.5. The molecule has 0 spiro atoms. The summed E-state index contributed by atoms with van der Waals surface area (Å²) in [6.07, 6.45) is 2.34. The van der Waals surface area contributed by atoms with E-state index in [0.717, 1.165) is 30.1 Å². The number of oxime groups is 1. The van der Waals surface area contributed by atoms with E-state index in [1.807, 2.05) is 7.05 Å². The number of nitrogens with one attached hydrogen (secondary N) is 2. The predicted octanol–water partition coefficient (Wildman–Crippen LogP) is 1.01. The van der Waals surface area contributed by atoms with Gasteiger partial charge in [0.15, 0.2) is 10.8 Å². The molecule has 1 fully saturated rings. The topological polar surface area (TPSA) is 153 Å². The van der Waals surface area contributed by atoms with E-state index in [2.05, 4.69) is 25.7 Å². The van der Waals surface area contributed by atoms with Crippen molar-refractivity contribution in [3.05, 3.63) is 51.0 Å². The zero-order valence-corrected chi connectivity index (χ0v) is 22.0. The molecule has 2 aromatic rings. The van der Waals surface area contributed by atoms with Crippen LogP contribution in [0.15, 0.2) is 29.4 Å². The van der Waals surface area contributed by atoms with Crippen molar-refractivity contribution in [1.29, 1.82) is 0 Å². The third kappa shape index (κ3) is 6.08. The van der Waals surface area contributed by atoms with Crippen LogP contribution in [0.3, 0.4) is 0 Å². The normalized spacial score (nSPS) is 22.1. The highest BCUT2D eigenvalue weighted by Crippen LogP contribution is 2.28. The first-order valence-corrected chi connectivity index (χ1v) is 13.1. The van der Waals surface area contributed by atoms with Gasteiger partial charge in [-0.15, -0.1) is 11.3 Å². The van der Waals surface area contributed by atoms with Gasteiger partial charge in [-0.1, -0.05) is 17.3 Å². The lowest BCUT2D eigenvalue weighted by molar-refractivity contribution is -0.134. The molecule has 3 amide bonds. The van der Waals surface area contributed by atoms with E-state index in [-0.39, 0.29) is 35.5 Å². The maximum absolute atomic E-state index is 13.2. The van der Waals surface area contributed by atoms with Crippen LogP contribution in [-0.4, -0.2) is 83.3 Å². The summed E-state index contributed by atoms with van der Waals surface area (Å²) in [5.74, 6) is -0.987. The number of hydrogen-bond donors (Lipinski definition) is 4. The van der Waals surface area contributed by atoms with E-state index in [0.29, 0.717) is 35.4 Å². The summed E-state index contributed by atoms with van der Waals surface area (Å²) in [6, 6.07) is 5.63. The number of amidine groups is 1. The van der Waals surface area contributed by atoms with E-state index in [1.54, 1.807) is 37.2 Å². The Labute approximate surface area is 219 Å². The lowest BCUT2D eigenvalue weighted by atomic mass is 9.81. The number of nitrogens with zero attached hydrogens (tertiary/aromatic N) is 4. The molecule has 12 heteroatoms. The number of fused-ring (bicyclic) bond motifs is 1. The number of hydrogen-bond acceptors (Lipinski definition) is 8. The highest BCUT2D eigenvalue weighted by molar-refractivity contribution is 7.13. The van der Waals surface area contributed by atoms with Crippen molar-refractivity contribution in [2.45, 2.75) is 44.3 Å². The average Bonchev–Trinajstić information content (AvgIpc) is 3.32. The second kappa shape index (κ2) is 11.3. The first kappa shape index (κ1) is 26.6. The van der Waals surface area contributed by atoms with Gasteiger partial charge in [0.25, 0.3) is 11.8 Å². The van der Waals surface area contributed by atoms with Crippen molar-refractivity contribution < 1.29 is 19.6 Å². The minimum Gasteiger partial charge on any atom is -0.409 e. The summed E-state index contributed by atoms with van der Waals surface area (Å²) < 4.78 is 0. The molecule has 3 unspecified atom stereocenters. The van der Waals surface area contributed by atoms with Crippen molar-refractivity contribution in [3.63, 3.8) is 0 Å². The van der Waals surface area contributed by atoms with Crippen LogP contribution in [0.2, 0.25) is 0 Å². The molecule has 1 saturated carbocycles. The molecule has 11 nitrogen and oxygen atoms in total. The van der Waals surface area contributed by atoms with Gasteiger partial charge in [0.05, 0.1) is 11.7 Å². The Morgan fingerprint density at radius 3 is 2.62 bits per heavy atom. The molecule has 2 heterocycles. The van der Waals surface area contributed by atoms with Gasteiger partial charge in [0.1, 0.15) is 0 Å². The molecule has 1 aliphatic heterocycles. The zero-order chi connectivity index (χ0) is 26.7. The molecule has 198 valence electrons. The number of rotatable bonds is 6. The predicted molar refractivity (Wildman–Crippen MR) is 140 cm³/mol. The minimum absolute atomic E-state index is 0.00300. The molecule has 3 atom stereocenters. The zero-order valence-electron chi connectivity index (χ0n) is 21.2. The summed E-state index contributed by atoms with van der Waals surface area (Å²) in [7, 11) is 5.48. The molecule has 2 aliphatic rings. The van der Waals surface area contributed by atoms with Crippen LogP contribution in [0.25, 0.3) is 0 Å². The van der Waals surface area contributed by atoms with Crippen molar-refractivity contribution in [3.8, 4) is 0 Å². The van der Waals surface area contributed by atoms with Crippen molar-refractivity contribution in [2.24, 2.45) is 16.8 Å². The van der Waals surface area contributed by atoms with Gasteiger partial charge in [-0.2, -0.15) is 0 Å². The van der Waals surface area contributed by atoms with Crippen LogP contribution in [0.5, 0.6) is 0 Å². The first-order valence-electron chi connectivity index (χ1n) is 12.2. The van der Waals surface area contributed by atoms with Gasteiger partial charge in [0, 0.05) is 61.6 Å². The summed E-state index contributed by atoms with van der Waals surface area (Å²) >= 11 is 1.40. The average molecular weight is 528 g/mol. The summed E-state index contributed by atoms with van der Waals surface area (Å²) in [6.45, 7) is 1.67. The van der Waals surface area contributed by atoms with Gasteiger partial charge in [0.2, 0.25) is 5.91 Å². The molecule has 1 aromatic heterocycles. The van der Waals surface area contributed by atoms with Crippen molar-refractivity contribution in [1.82, 2.24) is 25.4 Å². The van der Waals surface area contributed by atoms with Crippen LogP contribution >= 0.6 is 11.3 Å². The Morgan fingerprint density at radius 2 is 1.89 bits per heavy atom. The Balaban J connectivity index is 1.52. The molecule has 4 rings (SSSR count). The number of thiazole rings is 1. The Hall–Kier alpha value is -3.51. The van der Waals surface area contributed by atoms with Gasteiger partial charge >= 0.3 is 0 Å². The maximum Gasteiger partial charge on any atom is 0.280 e. The Bertz CT molecular complexity index is 1210. The number of carbonyl (C=O) groups excluding carboxylic acids is 3. The lowest BCUT2D eigenvalue weighted by Gasteiger charge is -2.37. The monoisotopic (exact) mass is 527 g/mol. The quantitative estimate of drug-likeness (QED) is 0.189. The van der Waals surface area contributed by atoms with E-state index in [4.69, 9.17) is 10.9 Å². The van der Waals surface area contributed by atoms with Crippen LogP contribution < -0.4 is 16.4 Å². The van der Waals surface area contributed by atoms with Crippen LogP contribution in [0.4, 0.5) is 0 Å². The SMILES string of the molecule is CN1CCc2nc(C(=O)NC3CC(C(=O)N(C)C)CCC3NC(=O)c3cccc(C(N)=NO)c3)sc2C1. The Morgan fingerprint density at radius 1 is 1.16 bits per heavy atom. The number of nitrogens with two attached hydrogens (primary N) is 1. The van der Waals surface area contributed by atoms with E-state index in [1.165, 1.54) is 17.4 Å². The fourth-order valence-corrected chi connectivity index (χ4v) is 5.96. The van der Waals surface area contributed by atoms with E-state index < -0.39 is 6.04 Å². The largest absolute Gasteiger partial charge is 0.409 e. The number of amides is 3. The fraction of sp³-hybridized carbons (Fsp3) is 0.480. The maximum atomic E-state index is 13.2. The van der Waals surface area contributed by atoms with Gasteiger partial charge < -0.3 is 31.4 Å². The smallest absolute Gasteiger partial charge is 0.280 e. The molecule has 37 heavy (non-hydrogen) atoms. The second-order valence-corrected chi connectivity index (χ2v) is 10.9. The van der Waals surface area contributed by atoms with Crippen molar-refractivity contribution >= 4 is 34.9 Å². The fourth-order valence-electron chi connectivity index (χ4n) is 4.87. The van der Waals surface area contributed by atoms with Gasteiger partial charge in [-0.05, 0) is 38.4 Å². The first-order chi connectivity index (χ1) is 17.7. The highest BCUT2D eigenvalue weighted by Gasteiger charge is 2.37. The standard InChI is InChI=1S/C25H33N7O4S/c1-31(2)25(35)16-7-8-17(27-22(33)15-6-4-5-14(11-15)21(26)30-36)19(12-16)28-23(34)24-29-18-9-10-32(3)13-20(18)37-24/h4-6,11,16-17,19,36H,7-10,12-13H2,1-3H3,(H2,26,30)(H,27,33)(H,28,34). The van der Waals surface area contributed by atoms with E-state index in [9.17, 15) is 14.4 Å². The summed E-state index contributed by atoms with van der Waals surface area (Å²) in [5, 5.41) is 18.4. The molecular formula is C25H33N7O4S. The highest BCUT2D eigenvalue weighted by atomic mass is 32.1. The van der Waals surface area contributed by atoms with Gasteiger partial charge in [-0.25, -0.2) is 4.98 Å². The molecular weight excluding hydrogens is 494 g/mol. The molecule has 0 saturated heterocycles. The van der Waals surface area contributed by atoms with Crippen molar-refractivity contribution in [2.75, 3.05) is 27.7 Å². The third-order valence-electron chi connectivity index (χ3n) is 6.92. The molecule has 0 radical (unpaired) electrons. The molecule has 0 bridgehead atoms. The lowest BCUT2D eigenvalue weighted by Crippen LogP contribution is -2.55. The number of carbonyl (C=O) groups is 3. The number of likely N-dealkylation sites (N-methyl/N-ethyl adjacent to an activating group) is 1. The number of aromatic nitrogens is 1. The van der Waals surface area contributed by atoms with E-state index >= 15 is 0 Å². The molecule has 1 aliphatic carbocycles. The third-order valence-corrected chi connectivity index (χ3v) is 8.00. The molecule has 1 aromatic carbocycles. The minimum atomic E-state index is -0.449. The van der Waals surface area contributed by atoms with Crippen LogP contribution in [0.1, 0.15) is 55.6 Å². The summed E-state index contributed by atoms with van der Waals surface area (Å²) in [5.41, 5.74) is 7.39. The second-order valence-electron chi connectivity index (χ2n) is 9.85.